The molecule has 0 rings (SSSR count). The average Bonchev–Trinajstić information content (AvgIpc) is 2.80. The highest BCUT2D eigenvalue weighted by Crippen LogP contribution is 2.15. The third-order valence-electron chi connectivity index (χ3n) is 6.75. The highest BCUT2D eigenvalue weighted by molar-refractivity contribution is 5.69. The molecule has 0 spiro atoms. The van der Waals surface area contributed by atoms with E-state index in [0.29, 0.717) is 13.0 Å². The minimum absolute atomic E-state index is 0.0414. The lowest BCUT2D eigenvalue weighted by molar-refractivity contribution is -0.142. The molecule has 0 aromatic heterocycles. The summed E-state index contributed by atoms with van der Waals surface area (Å²) in [5, 5.41) is 0. The summed E-state index contributed by atoms with van der Waals surface area (Å²) in [5.74, 6) is -0.0414. The zero-order chi connectivity index (χ0) is 25.1. The van der Waals surface area contributed by atoms with Crippen LogP contribution < -0.4 is 0 Å². The van der Waals surface area contributed by atoms with Crippen LogP contribution in [0.15, 0.2) is 23.3 Å². The maximum Gasteiger partial charge on any atom is 0.306 e. The molecule has 0 atom stereocenters. The van der Waals surface area contributed by atoms with Crippen LogP contribution in [0.4, 0.5) is 0 Å². The minimum atomic E-state index is -0.0414. The number of carbonyl (C=O) groups is 1. The van der Waals surface area contributed by atoms with Crippen molar-refractivity contribution in [2.75, 3.05) is 6.61 Å². The van der Waals surface area contributed by atoms with Gasteiger partial charge in [-0.15, -0.1) is 0 Å². The predicted octanol–water partition coefficient (Wildman–Crippen LogP) is 11.0. The van der Waals surface area contributed by atoms with Crippen molar-refractivity contribution in [3.8, 4) is 0 Å². The molecule has 0 aromatic rings. The lowest BCUT2D eigenvalue weighted by Gasteiger charge is -2.05. The molecule has 0 aliphatic rings. The molecule has 0 saturated heterocycles. The van der Waals surface area contributed by atoms with Gasteiger partial charge in [0.15, 0.2) is 0 Å². The number of allylic oxidation sites excluding steroid dienone is 3. The first kappa shape index (κ1) is 33.0. The molecule has 0 aliphatic heterocycles. The van der Waals surface area contributed by atoms with Gasteiger partial charge in [0.25, 0.3) is 0 Å². The van der Waals surface area contributed by atoms with E-state index in [1.165, 1.54) is 120 Å². The van der Waals surface area contributed by atoms with Gasteiger partial charge >= 0.3 is 5.97 Å². The highest BCUT2D eigenvalue weighted by atomic mass is 16.5. The molecule has 2 nitrogen and oxygen atoms in total. The lowest BCUT2D eigenvalue weighted by atomic mass is 10.0. The second-order valence-corrected chi connectivity index (χ2v) is 10.7. The number of hydrogen-bond donors (Lipinski definition) is 0. The van der Waals surface area contributed by atoms with Crippen molar-refractivity contribution in [1.29, 1.82) is 0 Å². The van der Waals surface area contributed by atoms with Gasteiger partial charge < -0.3 is 4.74 Å². The zero-order valence-electron chi connectivity index (χ0n) is 23.7. The van der Waals surface area contributed by atoms with Crippen molar-refractivity contribution >= 4 is 5.97 Å². The molecule has 34 heavy (non-hydrogen) atoms. The van der Waals surface area contributed by atoms with E-state index in [4.69, 9.17) is 4.74 Å². The molecule has 200 valence electrons. The summed E-state index contributed by atoms with van der Waals surface area (Å²) in [6, 6.07) is 0. The lowest BCUT2D eigenvalue weighted by Crippen LogP contribution is -2.04. The highest BCUT2D eigenvalue weighted by Gasteiger charge is 2.02. The third kappa shape index (κ3) is 27.2. The van der Waals surface area contributed by atoms with E-state index in [2.05, 4.69) is 33.8 Å². The Morgan fingerprint density at radius 3 is 1.38 bits per heavy atom. The summed E-state index contributed by atoms with van der Waals surface area (Å²) in [6.45, 7) is 9.09. The van der Waals surface area contributed by atoms with Crippen LogP contribution in [-0.2, 0) is 9.53 Å². The number of carbonyl (C=O) groups excluding carboxylic acids is 1. The molecule has 0 radical (unpaired) electrons. The van der Waals surface area contributed by atoms with Gasteiger partial charge in [-0.3, -0.25) is 4.79 Å². The quantitative estimate of drug-likeness (QED) is 0.0743. The van der Waals surface area contributed by atoms with Gasteiger partial charge in [0.2, 0.25) is 0 Å². The summed E-state index contributed by atoms with van der Waals surface area (Å²) in [6.07, 6.45) is 33.1. The summed E-state index contributed by atoms with van der Waals surface area (Å²) in [4.78, 5) is 11.8. The van der Waals surface area contributed by atoms with Crippen LogP contribution in [0.2, 0.25) is 0 Å². The number of unbranched alkanes of at least 4 members (excludes halogenated alkanes) is 18. The van der Waals surface area contributed by atoms with Gasteiger partial charge in [-0.2, -0.15) is 0 Å². The monoisotopic (exact) mass is 476 g/mol. The van der Waals surface area contributed by atoms with Crippen molar-refractivity contribution in [2.24, 2.45) is 0 Å². The first-order valence-corrected chi connectivity index (χ1v) is 15.0. The molecule has 0 N–H and O–H groups in total. The van der Waals surface area contributed by atoms with Gasteiger partial charge in [-0.1, -0.05) is 140 Å². The van der Waals surface area contributed by atoms with Crippen LogP contribution in [0.1, 0.15) is 169 Å². The smallest absolute Gasteiger partial charge is 0.306 e. The van der Waals surface area contributed by atoms with E-state index < -0.39 is 0 Å². The predicted molar refractivity (Wildman–Crippen MR) is 151 cm³/mol. The zero-order valence-corrected chi connectivity index (χ0v) is 23.7. The molecule has 0 aromatic carbocycles. The van der Waals surface area contributed by atoms with Crippen molar-refractivity contribution in [3.05, 3.63) is 23.3 Å². The van der Waals surface area contributed by atoms with Gasteiger partial charge in [0.05, 0.1) is 0 Å². The van der Waals surface area contributed by atoms with E-state index >= 15 is 0 Å². The van der Waals surface area contributed by atoms with Crippen molar-refractivity contribution in [1.82, 2.24) is 0 Å². The Balaban J connectivity index is 3.28. The molecule has 0 fully saturated rings. The topological polar surface area (TPSA) is 26.3 Å². The molecular weight excluding hydrogens is 416 g/mol. The number of ether oxygens (including phenoxy) is 1. The second-order valence-electron chi connectivity index (χ2n) is 10.7. The minimum Gasteiger partial charge on any atom is -0.461 e. The number of esters is 1. The Hall–Kier alpha value is -1.05. The third-order valence-corrected chi connectivity index (χ3v) is 6.75. The number of hydrogen-bond acceptors (Lipinski definition) is 2. The Kier molecular flexibility index (Phi) is 25.7. The first-order valence-electron chi connectivity index (χ1n) is 15.0. The first-order chi connectivity index (χ1) is 16.6. The summed E-state index contributed by atoms with van der Waals surface area (Å²) >= 11 is 0. The van der Waals surface area contributed by atoms with Crippen molar-refractivity contribution < 1.29 is 9.53 Å². The number of rotatable bonds is 25. The molecule has 0 bridgehead atoms. The fraction of sp³-hybridized carbons (Fsp3) is 0.844. The maximum atomic E-state index is 11.8. The van der Waals surface area contributed by atoms with Crippen molar-refractivity contribution in [3.63, 3.8) is 0 Å². The molecule has 0 unspecified atom stereocenters. The van der Waals surface area contributed by atoms with Crippen LogP contribution in [0.3, 0.4) is 0 Å². The fourth-order valence-electron chi connectivity index (χ4n) is 4.39. The molecule has 0 saturated carbocycles. The molecule has 2 heteroatoms. The van der Waals surface area contributed by atoms with Crippen LogP contribution in [-0.4, -0.2) is 12.6 Å². The van der Waals surface area contributed by atoms with E-state index in [-0.39, 0.29) is 5.97 Å². The van der Waals surface area contributed by atoms with E-state index in [9.17, 15) is 4.79 Å². The van der Waals surface area contributed by atoms with Gasteiger partial charge in [0.1, 0.15) is 6.61 Å². The van der Waals surface area contributed by atoms with Crippen LogP contribution >= 0.6 is 0 Å². The van der Waals surface area contributed by atoms with Gasteiger partial charge in [0, 0.05) is 6.42 Å². The normalized spacial score (nSPS) is 11.6. The Labute approximate surface area is 214 Å². The molecule has 0 amide bonds. The summed E-state index contributed by atoms with van der Waals surface area (Å²) < 4.78 is 5.35. The van der Waals surface area contributed by atoms with Crippen LogP contribution in [0, 0.1) is 0 Å². The van der Waals surface area contributed by atoms with Crippen LogP contribution in [0.25, 0.3) is 0 Å². The Bertz CT molecular complexity index is 499. The molecular formula is C32H60O2. The fourth-order valence-corrected chi connectivity index (χ4v) is 4.39. The van der Waals surface area contributed by atoms with Crippen LogP contribution in [0.5, 0.6) is 0 Å². The van der Waals surface area contributed by atoms with E-state index in [0.717, 1.165) is 25.7 Å². The standard InChI is InChI=1S/C32H60O2/c1-5-6-7-8-9-10-11-12-13-14-15-16-17-18-19-20-21-22-23-27-32(33)34-29-28-31(4)26-24-25-30(2)3/h25,28H,5-24,26-27,29H2,1-4H3/b31-28+. The maximum absolute atomic E-state index is 11.8. The van der Waals surface area contributed by atoms with Gasteiger partial charge in [-0.05, 0) is 46.1 Å². The Morgan fingerprint density at radius 1 is 0.559 bits per heavy atom. The van der Waals surface area contributed by atoms with Crippen molar-refractivity contribution in [2.45, 2.75) is 169 Å². The second kappa shape index (κ2) is 26.6. The van der Waals surface area contributed by atoms with E-state index in [1.54, 1.807) is 0 Å². The molecule has 0 heterocycles. The average molecular weight is 477 g/mol. The SMILES string of the molecule is CCCCCCCCCCCCCCCCCCCCCC(=O)OC/C=C(\C)CCC=C(C)C. The van der Waals surface area contributed by atoms with Gasteiger partial charge in [-0.25, -0.2) is 0 Å². The summed E-state index contributed by atoms with van der Waals surface area (Å²) in [5.41, 5.74) is 2.66. The van der Waals surface area contributed by atoms with E-state index in [1.807, 2.05) is 6.08 Å². The summed E-state index contributed by atoms with van der Waals surface area (Å²) in [7, 11) is 0. The largest absolute Gasteiger partial charge is 0.461 e. The Morgan fingerprint density at radius 2 is 0.971 bits per heavy atom. The molecule has 0 aliphatic carbocycles.